The van der Waals surface area contributed by atoms with Gasteiger partial charge >= 0.3 is 0 Å². The molecule has 1 heterocycles. The zero-order valence-corrected chi connectivity index (χ0v) is 16.3. The molecule has 3 aromatic carbocycles. The van der Waals surface area contributed by atoms with Crippen LogP contribution in [0.1, 0.15) is 16.7 Å². The molecule has 3 aromatic rings. The third-order valence-corrected chi connectivity index (χ3v) is 5.41. The van der Waals surface area contributed by atoms with E-state index in [1.54, 1.807) is 0 Å². The lowest BCUT2D eigenvalue weighted by Crippen LogP contribution is -2.38. The summed E-state index contributed by atoms with van der Waals surface area (Å²) in [4.78, 5) is 2.31. The molecule has 1 unspecified atom stereocenters. The molecule has 1 aliphatic heterocycles. The van der Waals surface area contributed by atoms with Gasteiger partial charge in [-0.1, -0.05) is 60.7 Å². The Labute approximate surface area is 167 Å². The van der Waals surface area contributed by atoms with Crippen LogP contribution in [0.2, 0.25) is 0 Å². The van der Waals surface area contributed by atoms with Crippen molar-refractivity contribution >= 4 is 0 Å². The maximum absolute atomic E-state index is 10.5. The first-order valence-electron chi connectivity index (χ1n) is 9.95. The molecule has 28 heavy (non-hydrogen) atoms. The van der Waals surface area contributed by atoms with Gasteiger partial charge in [0.2, 0.25) is 0 Å². The lowest BCUT2D eigenvalue weighted by molar-refractivity contribution is 0.0638. The third-order valence-electron chi connectivity index (χ3n) is 5.41. The number of rotatable bonds is 6. The van der Waals surface area contributed by atoms with Crippen molar-refractivity contribution in [2.75, 3.05) is 19.7 Å². The van der Waals surface area contributed by atoms with Gasteiger partial charge in [-0.15, -0.1) is 0 Å². The minimum atomic E-state index is -0.507. The fourth-order valence-corrected chi connectivity index (χ4v) is 3.90. The summed E-state index contributed by atoms with van der Waals surface area (Å²) in [7, 11) is 0. The van der Waals surface area contributed by atoms with Crippen LogP contribution in [0.15, 0.2) is 72.8 Å². The standard InChI is InChI=1S/C25H27NO2/c1-19-7-2-5-12-25(19)21-10-6-11-24(15-21)28-18-23(27)17-26-14-13-20-8-3-4-9-22(20)16-26/h2-12,15,23,27H,13-14,16-18H2,1H3. The number of β-amino-alcohol motifs (C(OH)–C–C–N with tert-alkyl or cyclic N) is 1. The van der Waals surface area contributed by atoms with E-state index in [1.165, 1.54) is 22.3 Å². The SMILES string of the molecule is Cc1ccccc1-c1cccc(OCC(O)CN2CCc3ccccc3C2)c1. The molecule has 3 heteroatoms. The summed E-state index contributed by atoms with van der Waals surface area (Å²) < 4.78 is 5.90. The first-order valence-corrected chi connectivity index (χ1v) is 9.95. The van der Waals surface area contributed by atoms with Gasteiger partial charge in [-0.05, 0) is 53.3 Å². The summed E-state index contributed by atoms with van der Waals surface area (Å²) in [6, 6.07) is 25.0. The van der Waals surface area contributed by atoms with E-state index in [-0.39, 0.29) is 0 Å². The Hall–Kier alpha value is -2.62. The molecule has 0 amide bonds. The number of hydrogen-bond acceptors (Lipinski definition) is 3. The Morgan fingerprint density at radius 3 is 2.61 bits per heavy atom. The van der Waals surface area contributed by atoms with Crippen LogP contribution < -0.4 is 4.74 Å². The molecule has 0 spiro atoms. The highest BCUT2D eigenvalue weighted by atomic mass is 16.5. The van der Waals surface area contributed by atoms with Crippen molar-refractivity contribution in [2.24, 2.45) is 0 Å². The minimum Gasteiger partial charge on any atom is -0.491 e. The normalized spacial score (nSPS) is 15.1. The van der Waals surface area contributed by atoms with E-state index in [0.29, 0.717) is 13.2 Å². The van der Waals surface area contributed by atoms with Gasteiger partial charge in [-0.2, -0.15) is 0 Å². The zero-order chi connectivity index (χ0) is 19.3. The summed E-state index contributed by atoms with van der Waals surface area (Å²) in [6.07, 6.45) is 0.537. The maximum Gasteiger partial charge on any atom is 0.120 e. The minimum absolute atomic E-state index is 0.301. The number of aliphatic hydroxyl groups is 1. The topological polar surface area (TPSA) is 32.7 Å². The molecule has 4 rings (SSSR count). The van der Waals surface area contributed by atoms with Crippen LogP contribution in [0, 0.1) is 6.92 Å². The summed E-state index contributed by atoms with van der Waals surface area (Å²) in [5.74, 6) is 0.795. The molecule has 0 aromatic heterocycles. The highest BCUT2D eigenvalue weighted by molar-refractivity contribution is 5.68. The van der Waals surface area contributed by atoms with E-state index in [9.17, 15) is 5.11 Å². The molecule has 0 bridgehead atoms. The van der Waals surface area contributed by atoms with Crippen LogP contribution >= 0.6 is 0 Å². The Kier molecular flexibility index (Phi) is 5.75. The number of fused-ring (bicyclic) bond motifs is 1. The number of ether oxygens (including phenoxy) is 1. The van der Waals surface area contributed by atoms with Gasteiger partial charge in [0, 0.05) is 19.6 Å². The zero-order valence-electron chi connectivity index (χ0n) is 16.3. The highest BCUT2D eigenvalue weighted by Crippen LogP contribution is 2.26. The Morgan fingerprint density at radius 2 is 1.75 bits per heavy atom. The van der Waals surface area contributed by atoms with Crippen molar-refractivity contribution < 1.29 is 9.84 Å². The Morgan fingerprint density at radius 1 is 0.964 bits per heavy atom. The number of benzene rings is 3. The second-order valence-electron chi connectivity index (χ2n) is 7.56. The summed E-state index contributed by atoms with van der Waals surface area (Å²) in [6.45, 7) is 4.93. The van der Waals surface area contributed by atoms with Crippen molar-refractivity contribution in [1.29, 1.82) is 0 Å². The predicted molar refractivity (Wildman–Crippen MR) is 114 cm³/mol. The van der Waals surface area contributed by atoms with Gasteiger partial charge in [0.05, 0.1) is 0 Å². The molecular formula is C25H27NO2. The fourth-order valence-electron chi connectivity index (χ4n) is 3.90. The second-order valence-corrected chi connectivity index (χ2v) is 7.56. The van der Waals surface area contributed by atoms with Crippen molar-refractivity contribution in [3.05, 3.63) is 89.5 Å². The van der Waals surface area contributed by atoms with Crippen LogP contribution in [0.5, 0.6) is 5.75 Å². The van der Waals surface area contributed by atoms with Crippen LogP contribution in [0.25, 0.3) is 11.1 Å². The van der Waals surface area contributed by atoms with Crippen molar-refractivity contribution in [3.63, 3.8) is 0 Å². The predicted octanol–water partition coefficient (Wildman–Crippen LogP) is 4.46. The quantitative estimate of drug-likeness (QED) is 0.692. The monoisotopic (exact) mass is 373 g/mol. The smallest absolute Gasteiger partial charge is 0.120 e. The molecule has 0 fully saturated rings. The van der Waals surface area contributed by atoms with Gasteiger partial charge in [-0.3, -0.25) is 4.90 Å². The number of aliphatic hydroxyl groups excluding tert-OH is 1. The van der Waals surface area contributed by atoms with E-state index < -0.39 is 6.10 Å². The number of aryl methyl sites for hydroxylation is 1. The molecule has 0 saturated heterocycles. The van der Waals surface area contributed by atoms with Crippen LogP contribution in [0.3, 0.4) is 0 Å². The van der Waals surface area contributed by atoms with E-state index in [1.807, 2.05) is 18.2 Å². The fraction of sp³-hybridized carbons (Fsp3) is 0.280. The molecule has 0 aliphatic carbocycles. The second kappa shape index (κ2) is 8.59. The summed E-state index contributed by atoms with van der Waals surface area (Å²) in [5.41, 5.74) is 6.38. The van der Waals surface area contributed by atoms with Gasteiger partial charge < -0.3 is 9.84 Å². The molecule has 144 valence electrons. The van der Waals surface area contributed by atoms with E-state index in [0.717, 1.165) is 30.8 Å². The average molecular weight is 373 g/mol. The maximum atomic E-state index is 10.5. The molecular weight excluding hydrogens is 346 g/mol. The number of hydrogen-bond donors (Lipinski definition) is 1. The van der Waals surface area contributed by atoms with Crippen LogP contribution in [0.4, 0.5) is 0 Å². The first-order chi connectivity index (χ1) is 13.7. The molecule has 1 aliphatic rings. The van der Waals surface area contributed by atoms with Gasteiger partial charge in [-0.25, -0.2) is 0 Å². The molecule has 1 atom stereocenters. The average Bonchev–Trinajstić information content (AvgIpc) is 2.73. The van der Waals surface area contributed by atoms with E-state index in [4.69, 9.17) is 4.74 Å². The lowest BCUT2D eigenvalue weighted by atomic mass is 10.00. The molecule has 0 saturated carbocycles. The Balaban J connectivity index is 1.34. The first kappa shape index (κ1) is 18.7. The van der Waals surface area contributed by atoms with E-state index in [2.05, 4.69) is 66.4 Å². The number of nitrogens with zero attached hydrogens (tertiary/aromatic N) is 1. The lowest BCUT2D eigenvalue weighted by Gasteiger charge is -2.30. The van der Waals surface area contributed by atoms with Crippen molar-refractivity contribution in [1.82, 2.24) is 4.90 Å². The van der Waals surface area contributed by atoms with Gasteiger partial charge in [0.15, 0.2) is 0 Å². The Bertz CT molecular complexity index is 937. The van der Waals surface area contributed by atoms with Crippen molar-refractivity contribution in [3.8, 4) is 16.9 Å². The van der Waals surface area contributed by atoms with Crippen LogP contribution in [-0.4, -0.2) is 35.8 Å². The summed E-state index contributed by atoms with van der Waals surface area (Å²) in [5, 5.41) is 10.5. The van der Waals surface area contributed by atoms with Crippen LogP contribution in [-0.2, 0) is 13.0 Å². The summed E-state index contributed by atoms with van der Waals surface area (Å²) >= 11 is 0. The van der Waals surface area contributed by atoms with Gasteiger partial charge in [0.25, 0.3) is 0 Å². The molecule has 0 radical (unpaired) electrons. The third kappa shape index (κ3) is 4.44. The van der Waals surface area contributed by atoms with Crippen molar-refractivity contribution in [2.45, 2.75) is 26.0 Å². The highest BCUT2D eigenvalue weighted by Gasteiger charge is 2.18. The largest absolute Gasteiger partial charge is 0.491 e. The molecule has 1 N–H and O–H groups in total. The van der Waals surface area contributed by atoms with E-state index >= 15 is 0 Å². The van der Waals surface area contributed by atoms with Gasteiger partial charge in [0.1, 0.15) is 18.5 Å². The molecule has 3 nitrogen and oxygen atoms in total.